The van der Waals surface area contributed by atoms with Crippen molar-refractivity contribution in [2.75, 3.05) is 5.32 Å². The Balaban J connectivity index is 0.000000858. The highest BCUT2D eigenvalue weighted by molar-refractivity contribution is 6.06. The molecule has 4 rings (SSSR count). The van der Waals surface area contributed by atoms with Crippen LogP contribution in [0.2, 0.25) is 0 Å². The van der Waals surface area contributed by atoms with Gasteiger partial charge in [0.1, 0.15) is 6.61 Å². The summed E-state index contributed by atoms with van der Waals surface area (Å²) in [5.74, 6) is 0.588. The number of nitrogens with zero attached hydrogens (tertiary/aromatic N) is 3. The summed E-state index contributed by atoms with van der Waals surface area (Å²) in [5.41, 5.74) is 3.61. The number of nitrogens with one attached hydrogen (secondary N) is 3. The largest absolute Gasteiger partial charge is 0.483 e. The van der Waals surface area contributed by atoms with E-state index in [1.807, 2.05) is 13.0 Å². The molecule has 2 aromatic heterocycles. The number of fused-ring (bicyclic) bond motifs is 1. The fourth-order valence-corrected chi connectivity index (χ4v) is 3.08. The van der Waals surface area contributed by atoms with Crippen LogP contribution in [0.3, 0.4) is 0 Å². The first-order chi connectivity index (χ1) is 14.9. The summed E-state index contributed by atoms with van der Waals surface area (Å²) in [6, 6.07) is 10.5. The zero-order valence-electron chi connectivity index (χ0n) is 16.7. The second kappa shape index (κ2) is 9.05. The summed E-state index contributed by atoms with van der Waals surface area (Å²) >= 11 is 0. The number of carbonyl (C=O) groups excluding carboxylic acids is 1. The topological polar surface area (TPSA) is 166 Å². The third-order valence-electron chi connectivity index (χ3n) is 4.44. The summed E-state index contributed by atoms with van der Waals surface area (Å²) in [5, 5.41) is 23.1. The average molecular weight is 424 g/mol. The maximum atomic E-state index is 12.8. The zero-order valence-corrected chi connectivity index (χ0v) is 16.7. The van der Waals surface area contributed by atoms with Gasteiger partial charge in [-0.05, 0) is 36.8 Å². The number of hydrogen-bond donors (Lipinski definition) is 5. The Kier molecular flexibility index (Phi) is 6.26. The highest BCUT2D eigenvalue weighted by atomic mass is 16.3. The van der Waals surface area contributed by atoms with Gasteiger partial charge in [0.2, 0.25) is 0 Å². The molecule has 0 aliphatic heterocycles. The number of hydrogen-bond acceptors (Lipinski definition) is 6. The van der Waals surface area contributed by atoms with E-state index in [1.54, 1.807) is 42.1 Å². The van der Waals surface area contributed by atoms with Gasteiger partial charge < -0.3 is 25.5 Å². The van der Waals surface area contributed by atoms with Crippen molar-refractivity contribution in [2.24, 2.45) is 7.05 Å². The molecular weight excluding hydrogens is 404 g/mol. The first-order valence-electron chi connectivity index (χ1n) is 9.09. The van der Waals surface area contributed by atoms with Crippen molar-refractivity contribution in [3.63, 3.8) is 0 Å². The number of carboxylic acid groups (broad SMARTS) is 1. The molecule has 0 fully saturated rings. The third kappa shape index (κ3) is 4.67. The van der Waals surface area contributed by atoms with Gasteiger partial charge in [0.15, 0.2) is 11.6 Å². The van der Waals surface area contributed by atoms with Crippen LogP contribution in [0.4, 0.5) is 5.69 Å². The van der Waals surface area contributed by atoms with Crippen LogP contribution in [-0.2, 0) is 18.4 Å². The van der Waals surface area contributed by atoms with E-state index in [2.05, 4.69) is 25.4 Å². The van der Waals surface area contributed by atoms with Gasteiger partial charge in [-0.1, -0.05) is 12.1 Å². The Morgan fingerprint density at radius 3 is 2.55 bits per heavy atom. The van der Waals surface area contributed by atoms with Gasteiger partial charge in [-0.2, -0.15) is 5.10 Å². The Hall–Kier alpha value is -4.25. The summed E-state index contributed by atoms with van der Waals surface area (Å²) in [6.45, 7) is 1.35. The van der Waals surface area contributed by atoms with Crippen LogP contribution in [0.15, 0.2) is 41.2 Å². The van der Waals surface area contributed by atoms with Gasteiger partial charge in [-0.3, -0.25) is 9.59 Å². The number of amides is 1. The molecule has 31 heavy (non-hydrogen) atoms. The summed E-state index contributed by atoms with van der Waals surface area (Å²) in [7, 11) is 1.73. The van der Waals surface area contributed by atoms with Crippen LogP contribution in [0, 0.1) is 6.92 Å². The lowest BCUT2D eigenvalue weighted by Crippen LogP contribution is -2.13. The molecule has 4 aromatic rings. The van der Waals surface area contributed by atoms with E-state index < -0.39 is 0 Å². The van der Waals surface area contributed by atoms with Crippen molar-refractivity contribution in [3.05, 3.63) is 63.8 Å². The SMILES string of the molecule is Cc1cc2[nH]c(=O)[nH]c2cc1NC(=O)c1cccc(-c2nc(CO)nn2C)c1.O=CO. The van der Waals surface area contributed by atoms with Crippen molar-refractivity contribution >= 4 is 29.1 Å². The van der Waals surface area contributed by atoms with E-state index in [9.17, 15) is 14.7 Å². The van der Waals surface area contributed by atoms with Crippen molar-refractivity contribution in [3.8, 4) is 11.4 Å². The Labute approximate surface area is 175 Å². The quantitative estimate of drug-likeness (QED) is 0.309. The van der Waals surface area contributed by atoms with E-state index >= 15 is 0 Å². The fourth-order valence-electron chi connectivity index (χ4n) is 3.08. The highest BCUT2D eigenvalue weighted by Crippen LogP contribution is 2.23. The Bertz CT molecular complexity index is 1300. The number of aromatic nitrogens is 5. The summed E-state index contributed by atoms with van der Waals surface area (Å²) < 4.78 is 1.56. The lowest BCUT2D eigenvalue weighted by molar-refractivity contribution is -0.122. The van der Waals surface area contributed by atoms with Gasteiger partial charge in [0.25, 0.3) is 12.4 Å². The third-order valence-corrected chi connectivity index (χ3v) is 4.44. The van der Waals surface area contributed by atoms with Crippen LogP contribution in [-0.4, -0.2) is 47.3 Å². The molecule has 160 valence electrons. The van der Waals surface area contributed by atoms with Crippen LogP contribution < -0.4 is 11.0 Å². The van der Waals surface area contributed by atoms with E-state index in [0.29, 0.717) is 39.5 Å². The predicted octanol–water partition coefficient (Wildman–Crippen LogP) is 1.41. The van der Waals surface area contributed by atoms with Crippen molar-refractivity contribution in [1.29, 1.82) is 0 Å². The smallest absolute Gasteiger partial charge is 0.323 e. The molecule has 0 bridgehead atoms. The maximum Gasteiger partial charge on any atom is 0.323 e. The first kappa shape index (κ1) is 21.5. The lowest BCUT2D eigenvalue weighted by atomic mass is 10.1. The van der Waals surface area contributed by atoms with Gasteiger partial charge in [0, 0.05) is 23.9 Å². The molecule has 0 saturated carbocycles. The van der Waals surface area contributed by atoms with Crippen molar-refractivity contribution in [1.82, 2.24) is 24.7 Å². The molecule has 11 nitrogen and oxygen atoms in total. The number of anilines is 1. The zero-order chi connectivity index (χ0) is 22.5. The van der Waals surface area contributed by atoms with E-state index in [1.165, 1.54) is 0 Å². The second-order valence-corrected chi connectivity index (χ2v) is 6.57. The molecule has 0 radical (unpaired) electrons. The summed E-state index contributed by atoms with van der Waals surface area (Å²) in [4.78, 5) is 42.2. The van der Waals surface area contributed by atoms with E-state index in [0.717, 1.165) is 5.56 Å². The average Bonchev–Trinajstić information content (AvgIpc) is 3.29. The van der Waals surface area contributed by atoms with Crippen molar-refractivity contribution in [2.45, 2.75) is 13.5 Å². The standard InChI is InChI=1S/C19H18N6O3.CH2O2/c1-10-6-14-15(22-19(28)21-14)8-13(10)20-18(27)12-5-3-4-11(7-12)17-23-16(9-26)24-25(17)2;2-1-3/h3-8,26H,9H2,1-2H3,(H,20,27)(H2,21,22,28);1H,(H,2,3). The second-order valence-electron chi connectivity index (χ2n) is 6.57. The summed E-state index contributed by atoms with van der Waals surface area (Å²) in [6.07, 6.45) is 0. The van der Waals surface area contributed by atoms with Crippen LogP contribution in [0.1, 0.15) is 21.7 Å². The molecular formula is C20H20N6O5. The number of rotatable bonds is 4. The van der Waals surface area contributed by atoms with E-state index in [4.69, 9.17) is 9.90 Å². The number of imidazole rings is 1. The molecule has 0 aliphatic carbocycles. The number of carbonyl (C=O) groups is 2. The Morgan fingerprint density at radius 1 is 1.23 bits per heavy atom. The van der Waals surface area contributed by atoms with E-state index in [-0.39, 0.29) is 24.7 Å². The monoisotopic (exact) mass is 424 g/mol. The van der Waals surface area contributed by atoms with Crippen molar-refractivity contribution < 1.29 is 19.8 Å². The normalized spacial score (nSPS) is 10.4. The fraction of sp³-hybridized carbons (Fsp3) is 0.150. The minimum absolute atomic E-state index is 0.250. The Morgan fingerprint density at radius 2 is 1.90 bits per heavy atom. The van der Waals surface area contributed by atoms with Gasteiger partial charge in [-0.25, -0.2) is 14.5 Å². The molecule has 0 unspecified atom stereocenters. The number of aromatic amines is 2. The molecule has 1 amide bonds. The molecule has 11 heteroatoms. The molecule has 0 saturated heterocycles. The number of H-pyrrole nitrogens is 2. The molecule has 2 aromatic carbocycles. The molecule has 0 aliphatic rings. The van der Waals surface area contributed by atoms with Crippen LogP contribution >= 0.6 is 0 Å². The molecule has 0 spiro atoms. The van der Waals surface area contributed by atoms with Gasteiger partial charge >= 0.3 is 5.69 Å². The number of aryl methyl sites for hydroxylation is 2. The minimum Gasteiger partial charge on any atom is -0.483 e. The first-order valence-corrected chi connectivity index (χ1v) is 9.09. The van der Waals surface area contributed by atoms with Gasteiger partial charge in [0.05, 0.1) is 11.0 Å². The molecule has 0 atom stereocenters. The molecule has 2 heterocycles. The molecule has 5 N–H and O–H groups in total. The number of aliphatic hydroxyl groups excluding tert-OH is 1. The number of benzene rings is 2. The number of aliphatic hydroxyl groups is 1. The maximum absolute atomic E-state index is 12.8. The predicted molar refractivity (Wildman–Crippen MR) is 113 cm³/mol. The minimum atomic E-state index is -0.295. The highest BCUT2D eigenvalue weighted by Gasteiger charge is 2.13. The van der Waals surface area contributed by atoms with Gasteiger partial charge in [-0.15, -0.1) is 0 Å². The van der Waals surface area contributed by atoms with Crippen LogP contribution in [0.25, 0.3) is 22.4 Å². The lowest BCUT2D eigenvalue weighted by Gasteiger charge is -2.09. The van der Waals surface area contributed by atoms with Crippen LogP contribution in [0.5, 0.6) is 0 Å².